The second kappa shape index (κ2) is 6.58. The minimum atomic E-state index is -1.05. The second-order valence-corrected chi connectivity index (χ2v) is 4.49. The lowest BCUT2D eigenvalue weighted by atomic mass is 10.0. The van der Waals surface area contributed by atoms with E-state index in [1.54, 1.807) is 32.1 Å². The molecular weight excluding hydrogens is 246 g/mol. The number of phenolic OH excluding ortho intramolecular Hbond substituents is 1. The van der Waals surface area contributed by atoms with Gasteiger partial charge < -0.3 is 15.5 Å². The van der Waals surface area contributed by atoms with E-state index >= 15 is 0 Å². The van der Waals surface area contributed by atoms with Crippen molar-refractivity contribution in [3.05, 3.63) is 35.9 Å². The van der Waals surface area contributed by atoms with Gasteiger partial charge in [0.25, 0.3) is 0 Å². The number of carboxylic acids is 1. The van der Waals surface area contributed by atoms with Gasteiger partial charge in [-0.3, -0.25) is 4.79 Å². The molecule has 102 valence electrons. The number of amides is 1. The van der Waals surface area contributed by atoms with Gasteiger partial charge in [0.15, 0.2) is 0 Å². The molecule has 1 atom stereocenters. The minimum Gasteiger partial charge on any atom is -0.508 e. The van der Waals surface area contributed by atoms with Crippen LogP contribution in [0.2, 0.25) is 0 Å². The van der Waals surface area contributed by atoms with Crippen molar-refractivity contribution in [3.8, 4) is 5.75 Å². The molecule has 0 saturated heterocycles. The van der Waals surface area contributed by atoms with Gasteiger partial charge in [-0.1, -0.05) is 26.0 Å². The predicted molar refractivity (Wildman–Crippen MR) is 71.5 cm³/mol. The van der Waals surface area contributed by atoms with E-state index in [-0.39, 0.29) is 11.7 Å². The fourth-order valence-electron chi connectivity index (χ4n) is 1.47. The fraction of sp³-hybridized carbons (Fsp3) is 0.286. The molecule has 1 amide bonds. The molecule has 0 fully saturated rings. The van der Waals surface area contributed by atoms with Gasteiger partial charge in [-0.2, -0.15) is 0 Å². The zero-order valence-corrected chi connectivity index (χ0v) is 10.8. The number of carbonyl (C=O) groups is 2. The Morgan fingerprint density at radius 2 is 1.79 bits per heavy atom. The van der Waals surface area contributed by atoms with Crippen LogP contribution in [0, 0.1) is 5.92 Å². The second-order valence-electron chi connectivity index (χ2n) is 4.49. The summed E-state index contributed by atoms with van der Waals surface area (Å²) in [4.78, 5) is 22.5. The van der Waals surface area contributed by atoms with Crippen molar-refractivity contribution >= 4 is 18.0 Å². The molecule has 1 aromatic rings. The summed E-state index contributed by atoms with van der Waals surface area (Å²) in [5.74, 6) is -1.56. The predicted octanol–water partition coefficient (Wildman–Crippen LogP) is 1.63. The molecule has 0 aromatic heterocycles. The quantitative estimate of drug-likeness (QED) is 0.705. The molecule has 0 aliphatic carbocycles. The summed E-state index contributed by atoms with van der Waals surface area (Å²) in [6.45, 7) is 3.45. The van der Waals surface area contributed by atoms with Crippen LogP contribution in [0.5, 0.6) is 5.75 Å². The molecule has 0 aliphatic rings. The highest BCUT2D eigenvalue weighted by Crippen LogP contribution is 2.10. The first-order chi connectivity index (χ1) is 8.90. The number of aliphatic carboxylic acids is 1. The summed E-state index contributed by atoms with van der Waals surface area (Å²) in [6, 6.07) is 5.40. The molecule has 0 aliphatic heterocycles. The Morgan fingerprint density at radius 3 is 2.26 bits per heavy atom. The molecule has 0 saturated carbocycles. The van der Waals surface area contributed by atoms with Crippen LogP contribution in [0.25, 0.3) is 6.08 Å². The van der Waals surface area contributed by atoms with Crippen LogP contribution in [-0.4, -0.2) is 28.1 Å². The van der Waals surface area contributed by atoms with Crippen LogP contribution in [-0.2, 0) is 9.59 Å². The molecular formula is C14H17NO4. The van der Waals surface area contributed by atoms with E-state index < -0.39 is 17.9 Å². The highest BCUT2D eigenvalue weighted by atomic mass is 16.4. The van der Waals surface area contributed by atoms with Gasteiger partial charge in [0, 0.05) is 6.08 Å². The molecule has 1 rings (SSSR count). The standard InChI is InChI=1S/C14H17NO4/c1-9(2)13(14(18)19)15-12(17)8-5-10-3-6-11(16)7-4-10/h3-9,13,16H,1-2H3,(H,15,17)(H,18,19)/b8-5+/t13-/m0/s1. The molecule has 0 radical (unpaired) electrons. The molecule has 1 aromatic carbocycles. The maximum absolute atomic E-state index is 11.6. The number of nitrogens with one attached hydrogen (secondary N) is 1. The van der Waals surface area contributed by atoms with Crippen molar-refractivity contribution in [3.63, 3.8) is 0 Å². The summed E-state index contributed by atoms with van der Waals surface area (Å²) in [5, 5.41) is 20.5. The van der Waals surface area contributed by atoms with Gasteiger partial charge in [0.2, 0.25) is 5.91 Å². The lowest BCUT2D eigenvalue weighted by Crippen LogP contribution is -2.43. The third-order valence-corrected chi connectivity index (χ3v) is 2.55. The number of carbonyl (C=O) groups excluding carboxylic acids is 1. The summed E-state index contributed by atoms with van der Waals surface area (Å²) >= 11 is 0. The van der Waals surface area contributed by atoms with Crippen LogP contribution < -0.4 is 5.32 Å². The molecule has 5 nitrogen and oxygen atoms in total. The third kappa shape index (κ3) is 4.83. The Morgan fingerprint density at radius 1 is 1.21 bits per heavy atom. The topological polar surface area (TPSA) is 86.6 Å². The minimum absolute atomic E-state index is 0.146. The Labute approximate surface area is 111 Å². The van der Waals surface area contributed by atoms with Crippen LogP contribution in [0.1, 0.15) is 19.4 Å². The van der Waals surface area contributed by atoms with Gasteiger partial charge >= 0.3 is 5.97 Å². The summed E-state index contributed by atoms with van der Waals surface area (Å²) in [5.41, 5.74) is 0.740. The molecule has 5 heteroatoms. The van der Waals surface area contributed by atoms with Crippen LogP contribution in [0.4, 0.5) is 0 Å². The number of benzene rings is 1. The molecule has 0 bridgehead atoms. The zero-order valence-electron chi connectivity index (χ0n) is 10.8. The monoisotopic (exact) mass is 263 g/mol. The number of rotatable bonds is 5. The van der Waals surface area contributed by atoms with Gasteiger partial charge in [0.1, 0.15) is 11.8 Å². The van der Waals surface area contributed by atoms with Gasteiger partial charge in [-0.05, 0) is 29.7 Å². The number of hydrogen-bond acceptors (Lipinski definition) is 3. The number of hydrogen-bond donors (Lipinski definition) is 3. The van der Waals surface area contributed by atoms with Crippen LogP contribution >= 0.6 is 0 Å². The highest BCUT2D eigenvalue weighted by molar-refractivity contribution is 5.94. The summed E-state index contributed by atoms with van der Waals surface area (Å²) in [6.07, 6.45) is 2.82. The number of phenols is 1. The van der Waals surface area contributed by atoms with Crippen molar-refractivity contribution in [2.75, 3.05) is 0 Å². The average molecular weight is 263 g/mol. The first kappa shape index (κ1) is 14.8. The SMILES string of the molecule is CC(C)[C@H](NC(=O)/C=C/c1ccc(O)cc1)C(=O)O. The van der Waals surface area contributed by atoms with Crippen molar-refractivity contribution in [1.29, 1.82) is 0 Å². The molecule has 0 spiro atoms. The van der Waals surface area contributed by atoms with E-state index in [9.17, 15) is 9.59 Å². The normalized spacial score (nSPS) is 12.6. The maximum Gasteiger partial charge on any atom is 0.326 e. The van der Waals surface area contributed by atoms with Gasteiger partial charge in [-0.25, -0.2) is 4.79 Å². The van der Waals surface area contributed by atoms with E-state index in [1.807, 2.05) is 0 Å². The molecule has 3 N–H and O–H groups in total. The molecule has 0 heterocycles. The Kier molecular flexibility index (Phi) is 5.11. The number of aromatic hydroxyl groups is 1. The summed E-state index contributed by atoms with van der Waals surface area (Å²) < 4.78 is 0. The maximum atomic E-state index is 11.6. The van der Waals surface area contributed by atoms with Crippen molar-refractivity contribution in [2.24, 2.45) is 5.92 Å². The largest absolute Gasteiger partial charge is 0.508 e. The van der Waals surface area contributed by atoms with Gasteiger partial charge in [0.05, 0.1) is 0 Å². The van der Waals surface area contributed by atoms with Crippen LogP contribution in [0.3, 0.4) is 0 Å². The van der Waals surface area contributed by atoms with E-state index in [0.717, 1.165) is 5.56 Å². The lowest BCUT2D eigenvalue weighted by Gasteiger charge is -2.16. The summed E-state index contributed by atoms with van der Waals surface area (Å²) in [7, 11) is 0. The van der Waals surface area contributed by atoms with Crippen molar-refractivity contribution in [2.45, 2.75) is 19.9 Å². The van der Waals surface area contributed by atoms with Gasteiger partial charge in [-0.15, -0.1) is 0 Å². The molecule has 0 unspecified atom stereocenters. The van der Waals surface area contributed by atoms with E-state index in [1.165, 1.54) is 18.2 Å². The Balaban J connectivity index is 2.64. The zero-order chi connectivity index (χ0) is 14.4. The average Bonchev–Trinajstić information content (AvgIpc) is 2.34. The third-order valence-electron chi connectivity index (χ3n) is 2.55. The fourth-order valence-corrected chi connectivity index (χ4v) is 1.47. The molecule has 19 heavy (non-hydrogen) atoms. The Hall–Kier alpha value is -2.30. The number of carboxylic acid groups (broad SMARTS) is 1. The van der Waals surface area contributed by atoms with Crippen molar-refractivity contribution < 1.29 is 19.8 Å². The van der Waals surface area contributed by atoms with Crippen LogP contribution in [0.15, 0.2) is 30.3 Å². The van der Waals surface area contributed by atoms with Crippen molar-refractivity contribution in [1.82, 2.24) is 5.32 Å². The Bertz CT molecular complexity index is 477. The smallest absolute Gasteiger partial charge is 0.326 e. The lowest BCUT2D eigenvalue weighted by molar-refractivity contribution is -0.142. The first-order valence-electron chi connectivity index (χ1n) is 5.90. The first-order valence-corrected chi connectivity index (χ1v) is 5.90. The van der Waals surface area contributed by atoms with E-state index in [4.69, 9.17) is 10.2 Å². The highest BCUT2D eigenvalue weighted by Gasteiger charge is 2.22. The van der Waals surface area contributed by atoms with E-state index in [0.29, 0.717) is 0 Å². The van der Waals surface area contributed by atoms with E-state index in [2.05, 4.69) is 5.32 Å².